The fraction of sp³-hybridized carbons (Fsp3) is 0.455. The van der Waals surface area contributed by atoms with E-state index in [-0.39, 0.29) is 11.6 Å². The van der Waals surface area contributed by atoms with Crippen molar-refractivity contribution < 1.29 is 5.11 Å². The van der Waals surface area contributed by atoms with E-state index in [9.17, 15) is 5.11 Å². The third kappa shape index (κ3) is 2.49. The van der Waals surface area contributed by atoms with Crippen molar-refractivity contribution >= 4 is 0 Å². The maximum atomic E-state index is 11.1. The third-order valence-electron chi connectivity index (χ3n) is 6.57. The van der Waals surface area contributed by atoms with Gasteiger partial charge in [-0.1, -0.05) is 60.7 Å². The van der Waals surface area contributed by atoms with E-state index in [1.54, 1.807) is 0 Å². The average Bonchev–Trinajstić information content (AvgIpc) is 2.62. The second-order valence-electron chi connectivity index (χ2n) is 7.91. The zero-order chi connectivity index (χ0) is 16.7. The molecule has 2 bridgehead atoms. The van der Waals surface area contributed by atoms with Crippen LogP contribution >= 0.6 is 0 Å². The van der Waals surface area contributed by atoms with Crippen molar-refractivity contribution in [3.8, 4) is 0 Å². The first-order chi connectivity index (χ1) is 11.6. The maximum absolute atomic E-state index is 11.1. The fourth-order valence-corrected chi connectivity index (χ4v) is 5.31. The largest absolute Gasteiger partial charge is 0.393 e. The molecular formula is C22H27NO. The smallest absolute Gasteiger partial charge is 0.0597 e. The van der Waals surface area contributed by atoms with E-state index < -0.39 is 0 Å². The predicted octanol–water partition coefficient (Wildman–Crippen LogP) is 4.03. The maximum Gasteiger partial charge on any atom is 0.0597 e. The number of aliphatic hydroxyl groups is 1. The van der Waals surface area contributed by atoms with Gasteiger partial charge in [0.25, 0.3) is 0 Å². The summed E-state index contributed by atoms with van der Waals surface area (Å²) in [6.45, 7) is 0. The molecule has 5 rings (SSSR count). The molecule has 2 aromatic carbocycles. The van der Waals surface area contributed by atoms with Gasteiger partial charge in [0.2, 0.25) is 0 Å². The summed E-state index contributed by atoms with van der Waals surface area (Å²) in [5.74, 6) is 1.17. The summed E-state index contributed by atoms with van der Waals surface area (Å²) in [5.41, 5.74) is 2.86. The van der Waals surface area contributed by atoms with Crippen LogP contribution in [0.5, 0.6) is 0 Å². The van der Waals surface area contributed by atoms with Gasteiger partial charge in [-0.25, -0.2) is 0 Å². The van der Waals surface area contributed by atoms with Gasteiger partial charge in [0.15, 0.2) is 0 Å². The summed E-state index contributed by atoms with van der Waals surface area (Å²) in [4.78, 5) is 2.37. The summed E-state index contributed by atoms with van der Waals surface area (Å²) < 4.78 is 0. The Bertz CT molecular complexity index is 632. The Balaban J connectivity index is 1.80. The molecule has 5 atom stereocenters. The molecule has 0 saturated heterocycles. The molecule has 126 valence electrons. The second-order valence-corrected chi connectivity index (χ2v) is 7.91. The average molecular weight is 321 g/mol. The lowest BCUT2D eigenvalue weighted by atomic mass is 9.52. The summed E-state index contributed by atoms with van der Waals surface area (Å²) in [6, 6.07) is 21.6. The summed E-state index contributed by atoms with van der Waals surface area (Å²) in [7, 11) is 4.37. The van der Waals surface area contributed by atoms with Crippen molar-refractivity contribution in [2.45, 2.75) is 42.7 Å². The molecule has 24 heavy (non-hydrogen) atoms. The Morgan fingerprint density at radius 1 is 0.792 bits per heavy atom. The number of benzene rings is 2. The molecular weight excluding hydrogens is 294 g/mol. The molecule has 3 aliphatic rings. The van der Waals surface area contributed by atoms with Crippen LogP contribution in [0.3, 0.4) is 0 Å². The lowest BCUT2D eigenvalue weighted by molar-refractivity contribution is -0.0909. The Labute approximate surface area is 145 Å². The van der Waals surface area contributed by atoms with E-state index in [2.05, 4.69) is 79.7 Å². The number of nitrogens with zero attached hydrogens (tertiary/aromatic N) is 1. The number of fused-ring (bicyclic) bond motifs is 3. The quantitative estimate of drug-likeness (QED) is 0.922. The van der Waals surface area contributed by atoms with Gasteiger partial charge < -0.3 is 10.0 Å². The van der Waals surface area contributed by atoms with Crippen molar-refractivity contribution in [2.24, 2.45) is 5.92 Å². The molecule has 2 unspecified atom stereocenters. The van der Waals surface area contributed by atoms with Crippen LogP contribution in [0.1, 0.15) is 42.2 Å². The lowest BCUT2D eigenvalue weighted by Crippen LogP contribution is -2.60. The molecule has 0 heterocycles. The number of aliphatic hydroxyl groups excluding tert-OH is 1. The van der Waals surface area contributed by atoms with Gasteiger partial charge in [-0.05, 0) is 62.2 Å². The van der Waals surface area contributed by atoms with Gasteiger partial charge in [0.1, 0.15) is 0 Å². The van der Waals surface area contributed by atoms with Crippen LogP contribution in [-0.4, -0.2) is 35.7 Å². The van der Waals surface area contributed by atoms with Crippen LogP contribution in [0, 0.1) is 5.92 Å². The van der Waals surface area contributed by atoms with E-state index >= 15 is 0 Å². The Morgan fingerprint density at radius 3 is 1.67 bits per heavy atom. The fourth-order valence-electron chi connectivity index (χ4n) is 5.31. The van der Waals surface area contributed by atoms with Gasteiger partial charge in [-0.2, -0.15) is 0 Å². The zero-order valence-corrected chi connectivity index (χ0v) is 14.6. The van der Waals surface area contributed by atoms with E-state index in [0.29, 0.717) is 17.8 Å². The van der Waals surface area contributed by atoms with Crippen molar-refractivity contribution in [2.75, 3.05) is 14.1 Å². The van der Waals surface area contributed by atoms with Crippen LogP contribution in [0.25, 0.3) is 0 Å². The van der Waals surface area contributed by atoms with E-state index in [1.807, 2.05) is 0 Å². The number of hydrogen-bond acceptors (Lipinski definition) is 2. The van der Waals surface area contributed by atoms with Crippen molar-refractivity contribution in [3.05, 3.63) is 71.8 Å². The second kappa shape index (κ2) is 6.02. The van der Waals surface area contributed by atoms with Crippen LogP contribution in [0.4, 0.5) is 0 Å². The zero-order valence-electron chi connectivity index (χ0n) is 14.6. The monoisotopic (exact) mass is 321 g/mol. The molecule has 3 saturated carbocycles. The van der Waals surface area contributed by atoms with Crippen molar-refractivity contribution in [1.82, 2.24) is 4.90 Å². The molecule has 3 aliphatic carbocycles. The van der Waals surface area contributed by atoms with Crippen LogP contribution in [0.15, 0.2) is 60.7 Å². The predicted molar refractivity (Wildman–Crippen MR) is 98.1 cm³/mol. The molecule has 0 radical (unpaired) electrons. The highest BCUT2D eigenvalue weighted by atomic mass is 16.3. The van der Waals surface area contributed by atoms with Gasteiger partial charge in [-0.3, -0.25) is 0 Å². The minimum Gasteiger partial charge on any atom is -0.393 e. The summed E-state index contributed by atoms with van der Waals surface area (Å²) in [6.07, 6.45) is 2.96. The highest BCUT2D eigenvalue weighted by Gasteiger charge is 2.56. The molecule has 0 spiro atoms. The first kappa shape index (κ1) is 15.9. The van der Waals surface area contributed by atoms with Crippen LogP contribution < -0.4 is 0 Å². The van der Waals surface area contributed by atoms with Crippen molar-refractivity contribution in [3.63, 3.8) is 0 Å². The third-order valence-corrected chi connectivity index (χ3v) is 6.57. The Morgan fingerprint density at radius 2 is 1.25 bits per heavy atom. The molecule has 2 heteroatoms. The van der Waals surface area contributed by atoms with Gasteiger partial charge in [-0.15, -0.1) is 0 Å². The van der Waals surface area contributed by atoms with Crippen molar-refractivity contribution in [1.29, 1.82) is 0 Å². The Kier molecular flexibility index (Phi) is 3.98. The Hall–Kier alpha value is -1.64. The van der Waals surface area contributed by atoms with Crippen LogP contribution in [0.2, 0.25) is 0 Å². The molecule has 0 amide bonds. The summed E-state index contributed by atoms with van der Waals surface area (Å²) in [5, 5.41) is 11.1. The van der Waals surface area contributed by atoms with Gasteiger partial charge >= 0.3 is 0 Å². The number of rotatable bonds is 3. The first-order valence-corrected chi connectivity index (χ1v) is 9.06. The SMILES string of the molecule is CN(C)C12C[C@@H](O)C([C@@H](c3ccccc3)C1)[C@H](c1ccccc1)C2. The number of hydrogen-bond donors (Lipinski definition) is 1. The van der Waals surface area contributed by atoms with E-state index in [0.717, 1.165) is 19.3 Å². The lowest BCUT2D eigenvalue weighted by Gasteiger charge is -2.59. The molecule has 2 nitrogen and oxygen atoms in total. The minimum absolute atomic E-state index is 0.0924. The highest BCUT2D eigenvalue weighted by Crippen LogP contribution is 2.59. The first-order valence-electron chi connectivity index (χ1n) is 9.06. The molecule has 0 aromatic heterocycles. The standard InChI is InChI=1S/C22H27NO/c1-23(2)22-13-18(16-9-5-3-6-10-16)21(20(24)15-22)19(14-22)17-11-7-4-8-12-17/h3-12,18-21,24H,13-15H2,1-2H3/t18-,19+,20-,21?,22?/m1/s1. The molecule has 2 aromatic rings. The summed E-state index contributed by atoms with van der Waals surface area (Å²) >= 11 is 0. The minimum atomic E-state index is -0.231. The van der Waals surface area contributed by atoms with E-state index in [4.69, 9.17) is 0 Å². The highest BCUT2D eigenvalue weighted by molar-refractivity contribution is 5.32. The van der Waals surface area contributed by atoms with Gasteiger partial charge in [0.05, 0.1) is 6.10 Å². The normalized spacial score (nSPS) is 35.3. The topological polar surface area (TPSA) is 23.5 Å². The molecule has 3 fully saturated rings. The molecule has 0 aliphatic heterocycles. The molecule has 1 N–H and O–H groups in total. The van der Waals surface area contributed by atoms with Gasteiger partial charge in [0, 0.05) is 5.54 Å². The van der Waals surface area contributed by atoms with E-state index in [1.165, 1.54) is 11.1 Å². The van der Waals surface area contributed by atoms with Crippen LogP contribution in [-0.2, 0) is 0 Å².